The van der Waals surface area contributed by atoms with Gasteiger partial charge in [0.1, 0.15) is 33.9 Å². The number of unbranched alkanes of at least 4 members (excludes halogenated alkanes) is 2. The molecule has 0 unspecified atom stereocenters. The summed E-state index contributed by atoms with van der Waals surface area (Å²) in [6.07, 6.45) is 2.76. The number of aromatic carboxylic acids is 3. The molecule has 3 aromatic carbocycles. The Hall–Kier alpha value is -6.77. The largest absolute Gasteiger partial charge is 0.495 e. The van der Waals surface area contributed by atoms with E-state index in [9.17, 15) is 48.9 Å². The molecule has 7 N–H and O–H groups in total. The van der Waals surface area contributed by atoms with Gasteiger partial charge in [0.2, 0.25) is 0 Å². The summed E-state index contributed by atoms with van der Waals surface area (Å²) >= 11 is 0. The first-order valence-corrected chi connectivity index (χ1v) is 21.1. The molecule has 3 aromatic rings. The number of nitrogens with one attached hydrogen (secondary N) is 4. The quantitative estimate of drug-likeness (QED) is 0.0361. The van der Waals surface area contributed by atoms with Crippen molar-refractivity contribution in [2.75, 3.05) is 99.9 Å². The molecule has 0 bridgehead atoms. The maximum atomic E-state index is 13.3. The molecule has 0 saturated carbocycles. The van der Waals surface area contributed by atoms with Crippen molar-refractivity contribution in [3.05, 3.63) is 88.0 Å². The lowest BCUT2D eigenvalue weighted by Crippen LogP contribution is -2.45. The SMILES string of the molecule is CCOC(=O)CCCCCNCCN(CCNC(=O)c1cccc(C(=O)O)c1OC)CCN(CCNC(=O)c1cccc(C(=O)O)c1OC)CCNC(=O)c1cccc(C(=O)O)c1OC. The number of ether oxygens (including phenoxy) is 4. The molecule has 0 aliphatic rings. The van der Waals surface area contributed by atoms with Crippen LogP contribution in [-0.2, 0) is 9.53 Å². The summed E-state index contributed by atoms with van der Waals surface area (Å²) in [5.41, 5.74) is -0.349. The molecule has 0 aliphatic carbocycles. The Morgan fingerprint density at radius 1 is 0.477 bits per heavy atom. The lowest BCUT2D eigenvalue weighted by atomic mass is 10.1. The summed E-state index contributed by atoms with van der Waals surface area (Å²) in [6.45, 7) is 6.21. The number of esters is 1. The lowest BCUT2D eigenvalue weighted by Gasteiger charge is -2.28. The van der Waals surface area contributed by atoms with E-state index in [2.05, 4.69) is 26.2 Å². The topological polar surface area (TPSA) is 272 Å². The maximum absolute atomic E-state index is 13.3. The number of amides is 3. The summed E-state index contributed by atoms with van der Waals surface area (Å²) < 4.78 is 20.8. The zero-order chi connectivity index (χ0) is 47.7. The highest BCUT2D eigenvalue weighted by molar-refractivity contribution is 6.03. The Bertz CT molecular complexity index is 2010. The lowest BCUT2D eigenvalue weighted by molar-refractivity contribution is -0.143. The van der Waals surface area contributed by atoms with Gasteiger partial charge in [-0.3, -0.25) is 29.0 Å². The second kappa shape index (κ2) is 28.1. The molecular weight excluding hydrogens is 849 g/mol. The van der Waals surface area contributed by atoms with E-state index in [4.69, 9.17) is 18.9 Å². The van der Waals surface area contributed by atoms with Crippen LogP contribution in [0.1, 0.15) is 94.8 Å². The van der Waals surface area contributed by atoms with Crippen LogP contribution in [0.2, 0.25) is 0 Å². The summed E-state index contributed by atoms with van der Waals surface area (Å²) in [5, 5.41) is 40.7. The van der Waals surface area contributed by atoms with Crippen molar-refractivity contribution in [3.63, 3.8) is 0 Å². The highest BCUT2D eigenvalue weighted by Crippen LogP contribution is 2.26. The molecule has 3 rings (SSSR count). The minimum Gasteiger partial charge on any atom is -0.495 e. The van der Waals surface area contributed by atoms with Crippen LogP contribution in [-0.4, -0.2) is 167 Å². The van der Waals surface area contributed by atoms with Gasteiger partial charge in [-0.25, -0.2) is 14.4 Å². The van der Waals surface area contributed by atoms with Gasteiger partial charge in [-0.1, -0.05) is 24.6 Å². The molecule has 0 aliphatic heterocycles. The maximum Gasteiger partial charge on any atom is 0.339 e. The van der Waals surface area contributed by atoms with Gasteiger partial charge in [0, 0.05) is 71.9 Å². The van der Waals surface area contributed by atoms with Crippen molar-refractivity contribution >= 4 is 41.6 Å². The predicted molar refractivity (Wildman–Crippen MR) is 238 cm³/mol. The minimum atomic E-state index is -1.26. The molecule has 20 nitrogen and oxygen atoms in total. The van der Waals surface area contributed by atoms with Crippen molar-refractivity contribution in [2.24, 2.45) is 0 Å². The number of nitrogens with zero attached hydrogens (tertiary/aromatic N) is 2. The van der Waals surface area contributed by atoms with Crippen LogP contribution < -0.4 is 35.5 Å². The third-order valence-electron chi connectivity index (χ3n) is 10.1. The van der Waals surface area contributed by atoms with Crippen LogP contribution in [0.25, 0.3) is 0 Å². The number of para-hydroxylation sites is 3. The van der Waals surface area contributed by atoms with Crippen molar-refractivity contribution in [1.29, 1.82) is 0 Å². The van der Waals surface area contributed by atoms with Crippen LogP contribution in [0.5, 0.6) is 17.2 Å². The molecule has 0 spiro atoms. The normalized spacial score (nSPS) is 10.9. The van der Waals surface area contributed by atoms with Crippen molar-refractivity contribution in [2.45, 2.75) is 32.6 Å². The highest BCUT2D eigenvalue weighted by atomic mass is 16.5. The third-order valence-corrected chi connectivity index (χ3v) is 10.1. The molecule has 0 heterocycles. The van der Waals surface area contributed by atoms with Gasteiger partial charge in [-0.15, -0.1) is 0 Å². The van der Waals surface area contributed by atoms with Crippen molar-refractivity contribution in [1.82, 2.24) is 31.1 Å². The van der Waals surface area contributed by atoms with Crippen LogP contribution in [0, 0.1) is 0 Å². The second-order valence-electron chi connectivity index (χ2n) is 14.4. The predicted octanol–water partition coefficient (Wildman–Crippen LogP) is 2.71. The number of carbonyl (C=O) groups is 7. The zero-order valence-electron chi connectivity index (χ0n) is 37.2. The van der Waals surface area contributed by atoms with Gasteiger partial charge >= 0.3 is 23.9 Å². The van der Waals surface area contributed by atoms with E-state index < -0.39 is 35.6 Å². The van der Waals surface area contributed by atoms with Gasteiger partial charge in [0.05, 0.1) is 44.6 Å². The molecule has 65 heavy (non-hydrogen) atoms. The van der Waals surface area contributed by atoms with Crippen LogP contribution in [0.4, 0.5) is 0 Å². The summed E-state index contributed by atoms with van der Waals surface area (Å²) in [7, 11) is 3.84. The summed E-state index contributed by atoms with van der Waals surface area (Å²) in [6, 6.07) is 12.7. The van der Waals surface area contributed by atoms with Crippen molar-refractivity contribution < 1.29 is 67.8 Å². The van der Waals surface area contributed by atoms with Gasteiger partial charge < -0.3 is 55.5 Å². The molecule has 20 heteroatoms. The van der Waals surface area contributed by atoms with E-state index in [0.717, 1.165) is 12.8 Å². The number of rotatable bonds is 31. The van der Waals surface area contributed by atoms with E-state index >= 15 is 0 Å². The average molecular weight is 909 g/mol. The first-order valence-electron chi connectivity index (χ1n) is 21.1. The fourth-order valence-electron chi connectivity index (χ4n) is 6.83. The second-order valence-corrected chi connectivity index (χ2v) is 14.4. The Balaban J connectivity index is 1.75. The Morgan fingerprint density at radius 2 is 0.831 bits per heavy atom. The van der Waals surface area contributed by atoms with E-state index in [1.54, 1.807) is 6.92 Å². The summed E-state index contributed by atoms with van der Waals surface area (Å²) in [5.74, 6) is -5.82. The van der Waals surface area contributed by atoms with Gasteiger partial charge in [0.25, 0.3) is 17.7 Å². The summed E-state index contributed by atoms with van der Waals surface area (Å²) in [4.78, 5) is 90.8. The van der Waals surface area contributed by atoms with E-state index in [0.29, 0.717) is 58.7 Å². The van der Waals surface area contributed by atoms with Crippen LogP contribution in [0.3, 0.4) is 0 Å². The number of carboxylic acid groups (broad SMARTS) is 3. The molecule has 0 aromatic heterocycles. The van der Waals surface area contributed by atoms with Crippen LogP contribution >= 0.6 is 0 Å². The van der Waals surface area contributed by atoms with E-state index in [1.807, 2.05) is 4.90 Å². The number of carbonyl (C=O) groups excluding carboxylic acids is 4. The Morgan fingerprint density at radius 3 is 1.17 bits per heavy atom. The number of hydrogen-bond acceptors (Lipinski definition) is 14. The van der Waals surface area contributed by atoms with Crippen molar-refractivity contribution in [3.8, 4) is 17.2 Å². The molecule has 0 radical (unpaired) electrons. The number of methoxy groups -OCH3 is 3. The molecule has 3 amide bonds. The zero-order valence-corrected chi connectivity index (χ0v) is 37.2. The first kappa shape index (κ1) is 52.6. The van der Waals surface area contributed by atoms with E-state index in [1.165, 1.54) is 75.9 Å². The molecule has 0 fully saturated rings. The van der Waals surface area contributed by atoms with Crippen LogP contribution in [0.15, 0.2) is 54.6 Å². The van der Waals surface area contributed by atoms with Gasteiger partial charge in [0.15, 0.2) is 0 Å². The van der Waals surface area contributed by atoms with Gasteiger partial charge in [-0.2, -0.15) is 0 Å². The fraction of sp³-hybridized carbons (Fsp3) is 0.444. The molecular formula is C45H60N6O14. The number of carboxylic acids is 3. The number of hydrogen-bond donors (Lipinski definition) is 7. The number of benzene rings is 3. The van der Waals surface area contributed by atoms with E-state index in [-0.39, 0.29) is 89.3 Å². The Kier molecular flexibility index (Phi) is 22.7. The fourth-order valence-corrected chi connectivity index (χ4v) is 6.83. The first-order chi connectivity index (χ1) is 31.3. The third kappa shape index (κ3) is 16.7. The molecule has 0 saturated heterocycles. The minimum absolute atomic E-state index is 0.0378. The molecule has 0 atom stereocenters. The Labute approximate surface area is 377 Å². The average Bonchev–Trinajstić information content (AvgIpc) is 3.29. The monoisotopic (exact) mass is 908 g/mol. The van der Waals surface area contributed by atoms with Gasteiger partial charge in [-0.05, 0) is 62.7 Å². The molecule has 354 valence electrons. The smallest absolute Gasteiger partial charge is 0.339 e. The highest BCUT2D eigenvalue weighted by Gasteiger charge is 2.23. The standard InChI is InChI=1S/C45H60N6O14/c1-5-65-36(52)18-7-6-8-19-46-20-24-50(25-21-47-40(53)30-12-9-15-33(43(56)57)37(30)62-2)28-29-51(26-22-48-41(54)31-13-10-16-34(44(58)59)38(31)63-3)27-23-49-42(55)32-14-11-17-35(45(60)61)39(32)64-4/h9-17,46H,5-8,18-29H2,1-4H3,(H,47,53)(H,48,54)(H,49,55)(H,56,57)(H,58,59)(H,60,61).